The van der Waals surface area contributed by atoms with Crippen LogP contribution in [0, 0.1) is 11.8 Å². The van der Waals surface area contributed by atoms with Crippen molar-refractivity contribution in [2.45, 2.75) is 64.2 Å². The largest absolute Gasteiger partial charge is 0.332 e. The lowest BCUT2D eigenvalue weighted by molar-refractivity contribution is -0.124. The van der Waals surface area contributed by atoms with Gasteiger partial charge >= 0.3 is 0 Å². The van der Waals surface area contributed by atoms with Crippen LogP contribution in [0.25, 0.3) is 0 Å². The van der Waals surface area contributed by atoms with Gasteiger partial charge in [-0.3, -0.25) is 9.59 Å². The van der Waals surface area contributed by atoms with Gasteiger partial charge in [-0.05, 0) is 56.1 Å². The van der Waals surface area contributed by atoms with Crippen molar-refractivity contribution in [3.8, 4) is 0 Å². The van der Waals surface area contributed by atoms with Gasteiger partial charge in [0.1, 0.15) is 0 Å². The fourth-order valence-corrected chi connectivity index (χ4v) is 4.24. The maximum Gasteiger partial charge on any atom is 0.229 e. The lowest BCUT2D eigenvalue weighted by Crippen LogP contribution is -2.39. The summed E-state index contributed by atoms with van der Waals surface area (Å²) in [5.74, 6) is 0.292. The topological polar surface area (TPSA) is 70.2 Å². The Labute approximate surface area is 166 Å². The van der Waals surface area contributed by atoms with Gasteiger partial charge in [-0.25, -0.2) is 0 Å². The van der Waals surface area contributed by atoms with Crippen LogP contribution in [-0.4, -0.2) is 16.9 Å². The fraction of sp³-hybridized carbons (Fsp3) is 0.571. The highest BCUT2D eigenvalue weighted by molar-refractivity contribution is 7.80. The molecular weight excluding hydrogens is 358 g/mol. The number of hydrogen-bond donors (Lipinski definition) is 3. The van der Waals surface area contributed by atoms with E-state index in [0.29, 0.717) is 5.11 Å². The molecule has 0 unspecified atom stereocenters. The number of nitrogens with one attached hydrogen (secondary N) is 3. The summed E-state index contributed by atoms with van der Waals surface area (Å²) < 4.78 is 0. The second kappa shape index (κ2) is 9.83. The van der Waals surface area contributed by atoms with Crippen molar-refractivity contribution in [2.75, 3.05) is 10.6 Å². The van der Waals surface area contributed by atoms with E-state index in [2.05, 4.69) is 16.0 Å². The molecule has 3 N–H and O–H groups in total. The number of rotatable bonds is 4. The van der Waals surface area contributed by atoms with Gasteiger partial charge in [0.25, 0.3) is 0 Å². The van der Waals surface area contributed by atoms with Gasteiger partial charge < -0.3 is 16.0 Å². The standard InChI is InChI=1S/C21H29N3O2S/c25-19(15-8-3-1-4-9-15)22-17-12-7-13-18(14-17)23-21(27)24-20(26)16-10-5-2-6-11-16/h7,12-16H,1-6,8-11H2,(H,22,25)(H2,23,24,26,27). The molecule has 0 aliphatic heterocycles. The molecule has 0 heterocycles. The second-order valence-electron chi connectivity index (χ2n) is 7.68. The lowest BCUT2D eigenvalue weighted by Gasteiger charge is -2.21. The summed E-state index contributed by atoms with van der Waals surface area (Å²) >= 11 is 5.28. The maximum absolute atomic E-state index is 12.4. The molecule has 2 aliphatic rings. The highest BCUT2D eigenvalue weighted by atomic mass is 32.1. The first kappa shape index (κ1) is 19.8. The Balaban J connectivity index is 1.51. The molecule has 0 atom stereocenters. The Morgan fingerprint density at radius 3 is 1.89 bits per heavy atom. The molecule has 0 bridgehead atoms. The van der Waals surface area contributed by atoms with Crippen LogP contribution in [0.4, 0.5) is 11.4 Å². The molecule has 2 aliphatic carbocycles. The molecule has 3 rings (SSSR count). The predicted molar refractivity (Wildman–Crippen MR) is 113 cm³/mol. The van der Waals surface area contributed by atoms with Crippen LogP contribution in [0.15, 0.2) is 24.3 Å². The van der Waals surface area contributed by atoms with E-state index in [1.165, 1.54) is 12.8 Å². The number of carbonyl (C=O) groups is 2. The average Bonchev–Trinajstić information content (AvgIpc) is 2.69. The van der Waals surface area contributed by atoms with Gasteiger partial charge in [0.2, 0.25) is 11.8 Å². The highest BCUT2D eigenvalue weighted by Gasteiger charge is 2.22. The third kappa shape index (κ3) is 6.03. The van der Waals surface area contributed by atoms with Gasteiger partial charge in [-0.2, -0.15) is 0 Å². The molecule has 5 nitrogen and oxygen atoms in total. The van der Waals surface area contributed by atoms with E-state index < -0.39 is 0 Å². The van der Waals surface area contributed by atoms with Gasteiger partial charge in [-0.15, -0.1) is 0 Å². The zero-order valence-electron chi connectivity index (χ0n) is 15.8. The normalized spacial score (nSPS) is 18.5. The van der Waals surface area contributed by atoms with Crippen molar-refractivity contribution in [3.05, 3.63) is 24.3 Å². The number of amides is 2. The Bertz CT molecular complexity index is 680. The van der Waals surface area contributed by atoms with Crippen LogP contribution in [-0.2, 0) is 9.59 Å². The van der Waals surface area contributed by atoms with Crippen LogP contribution in [0.1, 0.15) is 64.2 Å². The quantitative estimate of drug-likeness (QED) is 0.661. The molecule has 1 aromatic rings. The van der Waals surface area contributed by atoms with Crippen molar-refractivity contribution < 1.29 is 9.59 Å². The molecule has 2 saturated carbocycles. The van der Waals surface area contributed by atoms with E-state index >= 15 is 0 Å². The Morgan fingerprint density at radius 2 is 1.30 bits per heavy atom. The minimum absolute atomic E-state index is 0.00829. The zero-order chi connectivity index (χ0) is 19.1. The number of thiocarbonyl (C=S) groups is 1. The third-order valence-corrected chi connectivity index (χ3v) is 5.78. The van der Waals surface area contributed by atoms with E-state index in [4.69, 9.17) is 12.2 Å². The van der Waals surface area contributed by atoms with Gasteiger partial charge in [0, 0.05) is 23.2 Å². The van der Waals surface area contributed by atoms with Crippen molar-refractivity contribution >= 4 is 40.5 Å². The van der Waals surface area contributed by atoms with Crippen molar-refractivity contribution in [1.82, 2.24) is 5.32 Å². The summed E-state index contributed by atoms with van der Waals surface area (Å²) in [4.78, 5) is 24.7. The molecule has 0 spiro atoms. The first-order chi connectivity index (χ1) is 13.1. The molecular formula is C21H29N3O2S. The number of benzene rings is 1. The minimum Gasteiger partial charge on any atom is -0.332 e. The van der Waals surface area contributed by atoms with Crippen LogP contribution in [0.3, 0.4) is 0 Å². The number of hydrogen-bond acceptors (Lipinski definition) is 3. The Kier molecular flexibility index (Phi) is 7.21. The zero-order valence-corrected chi connectivity index (χ0v) is 16.6. The average molecular weight is 388 g/mol. The summed E-state index contributed by atoms with van der Waals surface area (Å²) in [5, 5.41) is 9.17. The van der Waals surface area contributed by atoms with Crippen molar-refractivity contribution in [1.29, 1.82) is 0 Å². The summed E-state index contributed by atoms with van der Waals surface area (Å²) in [6, 6.07) is 7.45. The van der Waals surface area contributed by atoms with Crippen LogP contribution >= 0.6 is 12.2 Å². The molecule has 0 radical (unpaired) electrons. The monoisotopic (exact) mass is 387 g/mol. The lowest BCUT2D eigenvalue weighted by atomic mass is 9.88. The molecule has 27 heavy (non-hydrogen) atoms. The van der Waals surface area contributed by atoms with Gasteiger partial charge in [0.05, 0.1) is 0 Å². The molecule has 1 aromatic carbocycles. The first-order valence-electron chi connectivity index (χ1n) is 10.1. The molecule has 0 saturated heterocycles. The van der Waals surface area contributed by atoms with E-state index in [1.807, 2.05) is 24.3 Å². The molecule has 2 amide bonds. The van der Waals surface area contributed by atoms with Crippen LogP contribution in [0.2, 0.25) is 0 Å². The van der Waals surface area contributed by atoms with Crippen LogP contribution < -0.4 is 16.0 Å². The van der Waals surface area contributed by atoms with E-state index in [9.17, 15) is 9.59 Å². The number of carbonyl (C=O) groups excluding carboxylic acids is 2. The summed E-state index contributed by atoms with van der Waals surface area (Å²) in [7, 11) is 0. The van der Waals surface area contributed by atoms with Gasteiger partial charge in [0.15, 0.2) is 5.11 Å². The maximum atomic E-state index is 12.4. The Morgan fingerprint density at radius 1 is 0.778 bits per heavy atom. The first-order valence-corrected chi connectivity index (χ1v) is 10.6. The van der Waals surface area contributed by atoms with Crippen molar-refractivity contribution in [2.24, 2.45) is 11.8 Å². The van der Waals surface area contributed by atoms with E-state index in [1.54, 1.807) is 0 Å². The van der Waals surface area contributed by atoms with Crippen LogP contribution in [0.5, 0.6) is 0 Å². The summed E-state index contributed by atoms with van der Waals surface area (Å²) in [6.07, 6.45) is 10.8. The summed E-state index contributed by atoms with van der Waals surface area (Å²) in [6.45, 7) is 0. The third-order valence-electron chi connectivity index (χ3n) is 5.58. The Hall–Kier alpha value is -1.95. The molecule has 146 valence electrons. The van der Waals surface area contributed by atoms with Crippen molar-refractivity contribution in [3.63, 3.8) is 0 Å². The van der Waals surface area contributed by atoms with Gasteiger partial charge in [-0.1, -0.05) is 44.6 Å². The molecule has 2 fully saturated rings. The predicted octanol–water partition coefficient (Wildman–Crippen LogP) is 4.60. The minimum atomic E-state index is 0.00829. The fourth-order valence-electron chi connectivity index (χ4n) is 4.02. The smallest absolute Gasteiger partial charge is 0.229 e. The summed E-state index contributed by atoms with van der Waals surface area (Å²) in [5.41, 5.74) is 1.50. The number of anilines is 2. The SMILES string of the molecule is O=C(NC(=S)Nc1cccc(NC(=O)C2CCCCC2)c1)C1CCCCC1. The van der Waals surface area contributed by atoms with E-state index in [0.717, 1.165) is 62.7 Å². The van der Waals surface area contributed by atoms with E-state index in [-0.39, 0.29) is 23.7 Å². The molecule has 0 aromatic heterocycles. The highest BCUT2D eigenvalue weighted by Crippen LogP contribution is 2.26. The second-order valence-corrected chi connectivity index (χ2v) is 8.09. The molecule has 6 heteroatoms.